The van der Waals surface area contributed by atoms with E-state index in [-0.39, 0.29) is 5.95 Å². The molecule has 0 fully saturated rings. The molecule has 0 atom stereocenters. The third-order valence-electron chi connectivity index (χ3n) is 2.58. The molecule has 0 saturated carbocycles. The van der Waals surface area contributed by atoms with Crippen molar-refractivity contribution in [3.05, 3.63) is 34.8 Å². The second kappa shape index (κ2) is 5.81. The maximum Gasteiger partial charge on any atom is 0.243 e. The lowest BCUT2D eigenvalue weighted by Crippen LogP contribution is -2.15. The number of thiazole rings is 1. The van der Waals surface area contributed by atoms with Crippen LogP contribution in [0.5, 0.6) is 0 Å². The molecule has 0 aliphatic heterocycles. The first-order valence-corrected chi connectivity index (χ1v) is 6.92. The highest BCUT2D eigenvalue weighted by Gasteiger charge is 2.08. The zero-order valence-corrected chi connectivity index (χ0v) is 12.0. The molecule has 0 bridgehead atoms. The summed E-state index contributed by atoms with van der Waals surface area (Å²) in [5.74, 6) is 6.52. The predicted octanol–water partition coefficient (Wildman–Crippen LogP) is 0.720. The molecular weight excluding hydrogens is 290 g/mol. The van der Waals surface area contributed by atoms with Gasteiger partial charge in [0.05, 0.1) is 11.6 Å². The van der Waals surface area contributed by atoms with E-state index in [0.717, 1.165) is 9.88 Å². The van der Waals surface area contributed by atoms with Crippen molar-refractivity contribution in [3.8, 4) is 5.95 Å². The molecule has 3 aromatic heterocycles. The van der Waals surface area contributed by atoms with Gasteiger partial charge in [0.1, 0.15) is 6.33 Å². The average Bonchev–Trinajstić information content (AvgIpc) is 3.16. The van der Waals surface area contributed by atoms with Crippen molar-refractivity contribution in [1.82, 2.24) is 29.5 Å². The number of aryl methyl sites for hydroxylation is 1. The number of hydrogen-bond donors (Lipinski definition) is 3. The third-order valence-corrected chi connectivity index (χ3v) is 3.49. The molecule has 0 unspecified atom stereocenters. The minimum atomic E-state index is 0.275. The van der Waals surface area contributed by atoms with Gasteiger partial charge in [-0.05, 0) is 6.92 Å². The van der Waals surface area contributed by atoms with Crippen molar-refractivity contribution in [2.75, 3.05) is 10.7 Å². The van der Waals surface area contributed by atoms with Crippen molar-refractivity contribution in [1.29, 1.82) is 0 Å². The Bertz CT molecular complexity index is 721. The summed E-state index contributed by atoms with van der Waals surface area (Å²) in [7, 11) is 0. The fourth-order valence-electron chi connectivity index (χ4n) is 1.65. The molecule has 3 aromatic rings. The van der Waals surface area contributed by atoms with E-state index >= 15 is 0 Å². The number of aromatic nitrogens is 6. The minimum Gasteiger partial charge on any atom is -0.349 e. The molecule has 0 aliphatic carbocycles. The van der Waals surface area contributed by atoms with Crippen LogP contribution < -0.4 is 16.6 Å². The highest BCUT2D eigenvalue weighted by Crippen LogP contribution is 2.14. The van der Waals surface area contributed by atoms with Crippen LogP contribution in [0.1, 0.15) is 9.88 Å². The Morgan fingerprint density at radius 1 is 1.29 bits per heavy atom. The van der Waals surface area contributed by atoms with Gasteiger partial charge in [0, 0.05) is 23.5 Å². The molecule has 0 aromatic carbocycles. The SMILES string of the molecule is Cc1ncc(CNc2nc(NN)nc(-n3ccnc3)n2)s1. The quantitative estimate of drug-likeness (QED) is 0.466. The van der Waals surface area contributed by atoms with Gasteiger partial charge in [-0.25, -0.2) is 15.8 Å². The molecule has 0 saturated heterocycles. The van der Waals surface area contributed by atoms with Crippen molar-refractivity contribution in [3.63, 3.8) is 0 Å². The van der Waals surface area contributed by atoms with E-state index in [1.165, 1.54) is 0 Å². The molecule has 10 heteroatoms. The van der Waals surface area contributed by atoms with Crippen LogP contribution in [-0.2, 0) is 6.54 Å². The molecule has 3 rings (SSSR count). The number of anilines is 2. The molecule has 108 valence electrons. The topological polar surface area (TPSA) is 119 Å². The van der Waals surface area contributed by atoms with E-state index < -0.39 is 0 Å². The standard InChI is InChI=1S/C11H13N9S/c1-7-14-4-8(21-7)5-15-9-16-10(19-12)18-11(17-9)20-3-2-13-6-20/h2-4,6H,5,12H2,1H3,(H2,15,16,17,18,19). The number of nitrogens with zero attached hydrogens (tertiary/aromatic N) is 6. The van der Waals surface area contributed by atoms with Gasteiger partial charge in [-0.15, -0.1) is 11.3 Å². The summed E-state index contributed by atoms with van der Waals surface area (Å²) in [6.07, 6.45) is 6.82. The maximum atomic E-state index is 5.39. The largest absolute Gasteiger partial charge is 0.349 e. The van der Waals surface area contributed by atoms with Crippen LogP contribution >= 0.6 is 11.3 Å². The number of rotatable bonds is 5. The Morgan fingerprint density at radius 2 is 2.14 bits per heavy atom. The van der Waals surface area contributed by atoms with Gasteiger partial charge in [0.2, 0.25) is 17.8 Å². The summed E-state index contributed by atoms with van der Waals surface area (Å²) >= 11 is 1.62. The van der Waals surface area contributed by atoms with E-state index in [4.69, 9.17) is 5.84 Å². The highest BCUT2D eigenvalue weighted by molar-refractivity contribution is 7.11. The van der Waals surface area contributed by atoms with Gasteiger partial charge in [0.25, 0.3) is 0 Å². The van der Waals surface area contributed by atoms with Crippen molar-refractivity contribution >= 4 is 23.2 Å². The van der Waals surface area contributed by atoms with Crippen LogP contribution in [0.2, 0.25) is 0 Å². The molecule has 0 spiro atoms. The zero-order chi connectivity index (χ0) is 14.7. The molecule has 9 nitrogen and oxygen atoms in total. The summed E-state index contributed by atoms with van der Waals surface area (Å²) in [4.78, 5) is 21.9. The fraction of sp³-hybridized carbons (Fsp3) is 0.182. The van der Waals surface area contributed by atoms with Gasteiger partial charge in [-0.2, -0.15) is 15.0 Å². The van der Waals surface area contributed by atoms with Crippen LogP contribution in [0, 0.1) is 6.92 Å². The van der Waals surface area contributed by atoms with Crippen molar-refractivity contribution in [2.24, 2.45) is 5.84 Å². The van der Waals surface area contributed by atoms with Crippen LogP contribution in [0.3, 0.4) is 0 Å². The summed E-state index contributed by atoms with van der Waals surface area (Å²) in [6, 6.07) is 0. The molecule has 3 heterocycles. The Morgan fingerprint density at radius 3 is 2.81 bits per heavy atom. The van der Waals surface area contributed by atoms with Crippen molar-refractivity contribution < 1.29 is 0 Å². The maximum absolute atomic E-state index is 5.39. The van der Waals surface area contributed by atoms with Gasteiger partial charge in [-0.1, -0.05) is 0 Å². The minimum absolute atomic E-state index is 0.275. The zero-order valence-electron chi connectivity index (χ0n) is 11.2. The lowest BCUT2D eigenvalue weighted by atomic mass is 10.5. The Labute approximate surface area is 124 Å². The number of imidazole rings is 1. The van der Waals surface area contributed by atoms with Gasteiger partial charge >= 0.3 is 0 Å². The van der Waals surface area contributed by atoms with E-state index in [2.05, 4.69) is 35.7 Å². The van der Waals surface area contributed by atoms with Crippen LogP contribution in [0.4, 0.5) is 11.9 Å². The summed E-state index contributed by atoms with van der Waals surface area (Å²) in [6.45, 7) is 2.55. The predicted molar refractivity (Wildman–Crippen MR) is 78.9 cm³/mol. The number of hydrogen-bond acceptors (Lipinski definition) is 9. The average molecular weight is 303 g/mol. The number of nitrogen functional groups attached to an aromatic ring is 1. The third kappa shape index (κ3) is 3.12. The summed E-state index contributed by atoms with van der Waals surface area (Å²) in [5.41, 5.74) is 2.43. The first-order valence-electron chi connectivity index (χ1n) is 6.11. The van der Waals surface area contributed by atoms with Gasteiger partial charge in [0.15, 0.2) is 0 Å². The smallest absolute Gasteiger partial charge is 0.243 e. The Hall–Kier alpha value is -2.59. The molecule has 4 N–H and O–H groups in total. The summed E-state index contributed by atoms with van der Waals surface area (Å²) < 4.78 is 1.67. The van der Waals surface area contributed by atoms with Crippen LogP contribution in [0.15, 0.2) is 24.9 Å². The van der Waals surface area contributed by atoms with Gasteiger partial charge in [-0.3, -0.25) is 9.99 Å². The number of hydrazine groups is 1. The fourth-order valence-corrected chi connectivity index (χ4v) is 2.39. The lowest BCUT2D eigenvalue weighted by molar-refractivity contribution is 0.889. The van der Waals surface area contributed by atoms with E-state index in [9.17, 15) is 0 Å². The first kappa shape index (κ1) is 13.4. The normalized spacial score (nSPS) is 10.6. The number of nitrogens with one attached hydrogen (secondary N) is 2. The summed E-state index contributed by atoms with van der Waals surface area (Å²) in [5, 5.41) is 4.15. The Kier molecular flexibility index (Phi) is 3.71. The lowest BCUT2D eigenvalue weighted by Gasteiger charge is -2.07. The Balaban J connectivity index is 1.82. The molecular formula is C11H13N9S. The van der Waals surface area contributed by atoms with E-state index in [1.54, 1.807) is 34.6 Å². The second-order valence-corrected chi connectivity index (χ2v) is 5.42. The van der Waals surface area contributed by atoms with Crippen molar-refractivity contribution in [2.45, 2.75) is 13.5 Å². The second-order valence-electron chi connectivity index (χ2n) is 4.10. The monoisotopic (exact) mass is 303 g/mol. The van der Waals surface area contributed by atoms with E-state index in [0.29, 0.717) is 18.4 Å². The highest BCUT2D eigenvalue weighted by atomic mass is 32.1. The molecule has 21 heavy (non-hydrogen) atoms. The number of nitrogens with two attached hydrogens (primary N) is 1. The molecule has 0 amide bonds. The van der Waals surface area contributed by atoms with Crippen LogP contribution in [0.25, 0.3) is 5.95 Å². The molecule has 0 radical (unpaired) electrons. The van der Waals surface area contributed by atoms with Crippen LogP contribution in [-0.4, -0.2) is 29.5 Å². The van der Waals surface area contributed by atoms with Gasteiger partial charge < -0.3 is 5.32 Å². The van der Waals surface area contributed by atoms with E-state index in [1.807, 2.05) is 13.1 Å². The first-order chi connectivity index (χ1) is 10.2. The molecule has 0 aliphatic rings.